The van der Waals surface area contributed by atoms with E-state index in [0.29, 0.717) is 3.59 Å². The van der Waals surface area contributed by atoms with Crippen LogP contribution in [-0.2, 0) is 0 Å². The van der Waals surface area contributed by atoms with Crippen molar-refractivity contribution in [3.05, 3.63) is 27.3 Å². The Balaban J connectivity index is 3.62. The van der Waals surface area contributed by atoms with Crippen LogP contribution in [0, 0.1) is 0 Å². The van der Waals surface area contributed by atoms with E-state index in [4.69, 9.17) is 0 Å². The number of halogens is 1. The van der Waals surface area contributed by atoms with Crippen molar-refractivity contribution >= 4 is 16.1 Å². The van der Waals surface area contributed by atoms with Crippen LogP contribution in [0.25, 0.3) is 0 Å². The van der Waals surface area contributed by atoms with Crippen LogP contribution in [-0.4, -0.2) is 13.6 Å². The lowest BCUT2D eigenvalue weighted by atomic mass is 11.0. The van der Waals surface area contributed by atoms with Gasteiger partial charge in [-0.3, -0.25) is 4.98 Å². The topological polar surface area (TPSA) is 67.8 Å². The molecule has 0 saturated heterocycles. The number of aromatic nitrogens is 3. The van der Waals surface area contributed by atoms with E-state index in [9.17, 15) is 9.59 Å². The molecule has 1 N–H and O–H groups in total. The molecule has 48 valence electrons. The first-order chi connectivity index (χ1) is 4.22. The third-order valence-corrected chi connectivity index (χ3v) is 1.33. The second-order valence-corrected chi connectivity index (χ2v) is 1.98. The lowest BCUT2D eigenvalue weighted by Crippen LogP contribution is -2.29. The summed E-state index contributed by atoms with van der Waals surface area (Å²) < 4.78 is 0.701. The molecule has 0 atom stereocenters. The Hall–Kier alpha value is -0.910. The van der Waals surface area contributed by atoms with Gasteiger partial charge in [0.15, 0.2) is 0 Å². The first-order valence-electron chi connectivity index (χ1n) is 2.04. The molecule has 0 radical (unpaired) electrons. The molecule has 0 amide bonds. The number of H-pyrrole nitrogens is 1. The molecule has 0 bridgehead atoms. The number of hydrogen-bond acceptors (Lipinski definition) is 3. The van der Waals surface area contributed by atoms with Crippen molar-refractivity contribution < 1.29 is 0 Å². The van der Waals surface area contributed by atoms with E-state index in [-0.39, 0.29) is 0 Å². The van der Waals surface area contributed by atoms with E-state index < -0.39 is 11.4 Å². The maximum absolute atomic E-state index is 10.5. The summed E-state index contributed by atoms with van der Waals surface area (Å²) in [4.78, 5) is 26.3. The molecule has 1 heterocycles. The van der Waals surface area contributed by atoms with Crippen LogP contribution in [0.2, 0.25) is 0 Å². The average molecular weight is 192 g/mol. The molecule has 0 aliphatic carbocycles. The SMILES string of the molecule is O=c1nc[nH]c(=O)n1Br. The van der Waals surface area contributed by atoms with Crippen LogP contribution >= 0.6 is 16.1 Å². The molecule has 0 unspecified atom stereocenters. The molecule has 0 aromatic carbocycles. The summed E-state index contributed by atoms with van der Waals surface area (Å²) in [6.07, 6.45) is 1.04. The Morgan fingerprint density at radius 2 is 2.33 bits per heavy atom. The summed E-state index contributed by atoms with van der Waals surface area (Å²) >= 11 is 2.68. The predicted molar refractivity (Wildman–Crippen MR) is 33.4 cm³/mol. The predicted octanol–water partition coefficient (Wildman–Crippen LogP) is -0.910. The number of aromatic amines is 1. The molecule has 1 aromatic rings. The van der Waals surface area contributed by atoms with Gasteiger partial charge in [0.1, 0.15) is 6.33 Å². The molecular weight excluding hydrogens is 190 g/mol. The van der Waals surface area contributed by atoms with Gasteiger partial charge in [0.25, 0.3) is 0 Å². The second kappa shape index (κ2) is 2.14. The third-order valence-electron chi connectivity index (χ3n) is 0.709. The third kappa shape index (κ3) is 1.07. The first-order valence-corrected chi connectivity index (χ1v) is 2.75. The minimum atomic E-state index is -0.626. The maximum atomic E-state index is 10.5. The standard InChI is InChI=1S/C3H2BrN3O2/c4-7-2(8)5-1-6-3(7)9/h1H,(H,5,6,8,9). The minimum Gasteiger partial charge on any atom is -0.297 e. The summed E-state index contributed by atoms with van der Waals surface area (Å²) in [7, 11) is 0. The van der Waals surface area contributed by atoms with Crippen molar-refractivity contribution in [2.75, 3.05) is 0 Å². The summed E-state index contributed by atoms with van der Waals surface area (Å²) in [6, 6.07) is 0. The fourth-order valence-corrected chi connectivity index (χ4v) is 0.531. The summed E-state index contributed by atoms with van der Waals surface area (Å²) in [5, 5.41) is 0. The van der Waals surface area contributed by atoms with Crippen molar-refractivity contribution in [1.82, 2.24) is 13.6 Å². The Labute approximate surface area is 57.7 Å². The molecule has 0 saturated carbocycles. The normalized spacial score (nSPS) is 9.44. The van der Waals surface area contributed by atoms with Crippen molar-refractivity contribution in [2.24, 2.45) is 0 Å². The van der Waals surface area contributed by atoms with Gasteiger partial charge in [-0.2, -0.15) is 8.58 Å². The van der Waals surface area contributed by atoms with Crippen molar-refractivity contribution in [3.8, 4) is 0 Å². The van der Waals surface area contributed by atoms with E-state index >= 15 is 0 Å². The molecule has 1 aromatic heterocycles. The van der Waals surface area contributed by atoms with Crippen LogP contribution in [0.1, 0.15) is 0 Å². The van der Waals surface area contributed by atoms with E-state index in [1.54, 1.807) is 0 Å². The highest BCUT2D eigenvalue weighted by molar-refractivity contribution is 9.08. The molecule has 9 heavy (non-hydrogen) atoms. The molecule has 0 spiro atoms. The number of rotatable bonds is 0. The van der Waals surface area contributed by atoms with Crippen molar-refractivity contribution in [3.63, 3.8) is 0 Å². The second-order valence-electron chi connectivity index (χ2n) is 1.27. The summed E-state index contributed by atoms with van der Waals surface area (Å²) in [5.41, 5.74) is -1.16. The Morgan fingerprint density at radius 1 is 1.67 bits per heavy atom. The molecule has 1 rings (SSSR count). The highest BCUT2D eigenvalue weighted by atomic mass is 79.9. The molecule has 0 aliphatic rings. The number of nitrogens with one attached hydrogen (secondary N) is 1. The van der Waals surface area contributed by atoms with Gasteiger partial charge in [0.05, 0.1) is 16.1 Å². The Bertz CT molecular complexity index is 285. The van der Waals surface area contributed by atoms with Crippen LogP contribution in [0.4, 0.5) is 0 Å². The first kappa shape index (κ1) is 6.21. The fourth-order valence-electron chi connectivity index (χ4n) is 0.337. The van der Waals surface area contributed by atoms with E-state index in [1.807, 2.05) is 0 Å². The Kier molecular flexibility index (Phi) is 1.48. The zero-order valence-corrected chi connectivity index (χ0v) is 5.75. The van der Waals surface area contributed by atoms with Gasteiger partial charge in [-0.05, 0) is 0 Å². The Morgan fingerprint density at radius 3 is 2.78 bits per heavy atom. The zero-order valence-electron chi connectivity index (χ0n) is 4.17. The van der Waals surface area contributed by atoms with E-state index in [0.717, 1.165) is 6.33 Å². The average Bonchev–Trinajstić information content (AvgIpc) is 1.83. The molecular formula is C3H2BrN3O2. The van der Waals surface area contributed by atoms with Gasteiger partial charge in [-0.15, -0.1) is 0 Å². The van der Waals surface area contributed by atoms with Crippen molar-refractivity contribution in [2.45, 2.75) is 0 Å². The minimum absolute atomic E-state index is 0.532. The molecule has 5 nitrogen and oxygen atoms in total. The molecule has 6 heteroatoms. The zero-order chi connectivity index (χ0) is 6.85. The maximum Gasteiger partial charge on any atom is 0.363 e. The van der Waals surface area contributed by atoms with Crippen LogP contribution in [0.3, 0.4) is 0 Å². The van der Waals surface area contributed by atoms with Gasteiger partial charge in [0, 0.05) is 0 Å². The van der Waals surface area contributed by atoms with Crippen LogP contribution in [0.5, 0.6) is 0 Å². The van der Waals surface area contributed by atoms with Gasteiger partial charge in [0.2, 0.25) is 0 Å². The number of nitrogens with zero attached hydrogens (tertiary/aromatic N) is 2. The highest BCUT2D eigenvalue weighted by Gasteiger charge is 1.92. The lowest BCUT2D eigenvalue weighted by Gasteiger charge is -1.85. The fraction of sp³-hybridized carbons (Fsp3) is 0. The van der Waals surface area contributed by atoms with Crippen LogP contribution < -0.4 is 11.4 Å². The number of hydrogen-bond donors (Lipinski definition) is 1. The summed E-state index contributed by atoms with van der Waals surface area (Å²) in [6.45, 7) is 0. The quantitative estimate of drug-likeness (QED) is 0.578. The largest absolute Gasteiger partial charge is 0.363 e. The van der Waals surface area contributed by atoms with Gasteiger partial charge >= 0.3 is 11.4 Å². The van der Waals surface area contributed by atoms with E-state index in [1.165, 1.54) is 0 Å². The van der Waals surface area contributed by atoms with Gasteiger partial charge in [-0.25, -0.2) is 9.59 Å². The smallest absolute Gasteiger partial charge is 0.297 e. The molecule has 0 aliphatic heterocycles. The monoisotopic (exact) mass is 191 g/mol. The van der Waals surface area contributed by atoms with Crippen molar-refractivity contribution in [1.29, 1.82) is 0 Å². The molecule has 0 fully saturated rings. The van der Waals surface area contributed by atoms with Gasteiger partial charge in [-0.1, -0.05) is 0 Å². The highest BCUT2D eigenvalue weighted by Crippen LogP contribution is 1.70. The van der Waals surface area contributed by atoms with E-state index in [2.05, 4.69) is 26.1 Å². The lowest BCUT2D eigenvalue weighted by molar-refractivity contribution is 0.901. The summed E-state index contributed by atoms with van der Waals surface area (Å²) in [5.74, 6) is 0. The van der Waals surface area contributed by atoms with Crippen LogP contribution in [0.15, 0.2) is 15.9 Å². The van der Waals surface area contributed by atoms with Gasteiger partial charge < -0.3 is 0 Å².